The van der Waals surface area contributed by atoms with Gasteiger partial charge in [-0.1, -0.05) is 66.7 Å². The fourth-order valence-electron chi connectivity index (χ4n) is 5.57. The molecule has 5 aromatic rings. The normalized spacial score (nSPS) is 14.6. The second-order valence-corrected chi connectivity index (χ2v) is 10.3. The predicted molar refractivity (Wildman–Crippen MR) is 168 cm³/mol. The maximum Gasteiger partial charge on any atom is 0.342 e. The second kappa shape index (κ2) is 11.8. The topological polar surface area (TPSA) is 95.1 Å². The first kappa shape index (κ1) is 27.7. The highest BCUT2D eigenvalue weighted by molar-refractivity contribution is 6.43. The summed E-state index contributed by atoms with van der Waals surface area (Å²) in [6.45, 7) is 2.33. The molecule has 0 bridgehead atoms. The molecule has 1 aliphatic heterocycles. The lowest BCUT2D eigenvalue weighted by Gasteiger charge is -2.37. The van der Waals surface area contributed by atoms with E-state index >= 15 is 0 Å². The number of H-pyrrole nitrogens is 1. The zero-order chi connectivity index (χ0) is 29.9. The van der Waals surface area contributed by atoms with Gasteiger partial charge < -0.3 is 9.72 Å². The molecular weight excluding hydrogens is 540 g/mol. The number of hydrogen-bond donors (Lipinski definition) is 1. The van der Waals surface area contributed by atoms with E-state index in [1.807, 2.05) is 55.5 Å². The minimum absolute atomic E-state index is 0.316. The van der Waals surface area contributed by atoms with Crippen molar-refractivity contribution in [1.82, 2.24) is 4.98 Å². The molecule has 0 saturated carbocycles. The molecule has 0 radical (unpaired) electrons. The van der Waals surface area contributed by atoms with Crippen LogP contribution in [0.25, 0.3) is 10.9 Å². The van der Waals surface area contributed by atoms with Crippen LogP contribution in [0, 0.1) is 12.8 Å². The minimum atomic E-state index is -1.33. The zero-order valence-electron chi connectivity index (χ0n) is 23.9. The number of urea groups is 1. The van der Waals surface area contributed by atoms with Crippen molar-refractivity contribution in [3.05, 3.63) is 126 Å². The number of benzene rings is 4. The highest BCUT2D eigenvalue weighted by atomic mass is 16.5. The number of rotatable bonds is 8. The number of methoxy groups -OCH3 is 1. The van der Waals surface area contributed by atoms with Crippen LogP contribution in [0.15, 0.2) is 114 Å². The lowest BCUT2D eigenvalue weighted by molar-refractivity contribution is -0.129. The Hall–Kier alpha value is -5.50. The quantitative estimate of drug-likeness (QED) is 0.174. The number of nitrogens with zero attached hydrogens (tertiary/aromatic N) is 3. The van der Waals surface area contributed by atoms with E-state index < -0.39 is 23.8 Å². The van der Waals surface area contributed by atoms with Crippen LogP contribution >= 0.6 is 0 Å². The summed E-state index contributed by atoms with van der Waals surface area (Å²) in [6, 6.07) is 31.7. The number of nitrogens with one attached hydrogen (secondary N) is 1. The molecule has 1 aliphatic rings. The van der Waals surface area contributed by atoms with Crippen LogP contribution in [0.4, 0.5) is 16.2 Å². The van der Waals surface area contributed by atoms with Gasteiger partial charge >= 0.3 is 6.03 Å². The average molecular weight is 571 g/mol. The maximum atomic E-state index is 14.2. The first-order chi connectivity index (χ1) is 21.0. The van der Waals surface area contributed by atoms with Crippen LogP contribution < -0.4 is 14.5 Å². The van der Waals surface area contributed by atoms with Gasteiger partial charge in [0.15, 0.2) is 5.92 Å². The van der Waals surface area contributed by atoms with Crippen molar-refractivity contribution >= 4 is 45.8 Å². The molecule has 0 unspecified atom stereocenters. The van der Waals surface area contributed by atoms with Crippen LogP contribution in [0.1, 0.15) is 16.8 Å². The third-order valence-electron chi connectivity index (χ3n) is 7.66. The molecule has 1 aromatic heterocycles. The van der Waals surface area contributed by atoms with Gasteiger partial charge in [-0.3, -0.25) is 14.6 Å². The number of para-hydroxylation sites is 2. The fourth-order valence-corrected chi connectivity index (χ4v) is 5.57. The Morgan fingerprint density at radius 2 is 1.35 bits per heavy atom. The number of fused-ring (bicyclic) bond motifs is 1. The standard InChI is InChI=1S/C35H30N4O4/c1-23-28(29-22-27(43-2)18-19-30(29)37-23)20-21-36-32(24-12-6-3-7-13-24)31-33(40)38(25-14-8-4-9-15-25)35(42)39(34(31)41)26-16-10-5-11-17-26/h3-19,22,31,37H,20-21H2,1-2H3. The Morgan fingerprint density at radius 3 is 1.91 bits per heavy atom. The molecule has 1 fully saturated rings. The van der Waals surface area contributed by atoms with E-state index in [2.05, 4.69) is 4.98 Å². The molecule has 214 valence electrons. The fraction of sp³-hybridized carbons (Fsp3) is 0.143. The molecule has 0 aliphatic carbocycles. The highest BCUT2D eigenvalue weighted by Gasteiger charge is 2.49. The van der Waals surface area contributed by atoms with E-state index in [0.717, 1.165) is 37.7 Å². The molecule has 8 nitrogen and oxygen atoms in total. The SMILES string of the molecule is COc1ccc2[nH]c(C)c(CCN=C(c3ccccc3)C3C(=O)N(c4ccccc4)C(=O)N(c4ccccc4)C3=O)c2c1. The van der Waals surface area contributed by atoms with Gasteiger partial charge in [-0.15, -0.1) is 0 Å². The number of barbiturate groups is 1. The number of carbonyl (C=O) groups is 3. The largest absolute Gasteiger partial charge is 0.497 e. The molecule has 6 rings (SSSR count). The number of amides is 4. The molecular formula is C35H30N4O4. The summed E-state index contributed by atoms with van der Waals surface area (Å²) >= 11 is 0. The molecule has 0 spiro atoms. The van der Waals surface area contributed by atoms with Gasteiger partial charge in [-0.05, 0) is 66.9 Å². The van der Waals surface area contributed by atoms with Crippen molar-refractivity contribution in [2.24, 2.45) is 10.9 Å². The smallest absolute Gasteiger partial charge is 0.342 e. The Labute approximate surface area is 249 Å². The maximum absolute atomic E-state index is 14.2. The Balaban J connectivity index is 1.44. The lowest BCUT2D eigenvalue weighted by atomic mass is 9.91. The summed E-state index contributed by atoms with van der Waals surface area (Å²) in [5.41, 5.74) is 4.81. The van der Waals surface area contributed by atoms with Crippen molar-refractivity contribution in [2.75, 3.05) is 23.5 Å². The van der Waals surface area contributed by atoms with E-state index in [1.54, 1.807) is 67.8 Å². The molecule has 8 heteroatoms. The third-order valence-corrected chi connectivity index (χ3v) is 7.66. The number of imide groups is 2. The monoisotopic (exact) mass is 570 g/mol. The van der Waals surface area contributed by atoms with E-state index in [-0.39, 0.29) is 0 Å². The summed E-state index contributed by atoms with van der Waals surface area (Å²) in [6.07, 6.45) is 0.564. The van der Waals surface area contributed by atoms with Crippen LogP contribution in [-0.2, 0) is 16.0 Å². The van der Waals surface area contributed by atoms with E-state index in [0.29, 0.717) is 35.6 Å². The minimum Gasteiger partial charge on any atom is -0.497 e. The molecule has 4 amide bonds. The van der Waals surface area contributed by atoms with Gasteiger partial charge in [0.05, 0.1) is 24.2 Å². The van der Waals surface area contributed by atoms with Crippen molar-refractivity contribution in [3.8, 4) is 5.75 Å². The first-order valence-electron chi connectivity index (χ1n) is 14.0. The van der Waals surface area contributed by atoms with E-state index in [9.17, 15) is 14.4 Å². The molecule has 1 N–H and O–H groups in total. The van der Waals surface area contributed by atoms with Crippen molar-refractivity contribution in [1.29, 1.82) is 0 Å². The summed E-state index contributed by atoms with van der Waals surface area (Å²) in [4.78, 5) is 52.7. The Bertz CT molecular complexity index is 1770. The molecule has 0 atom stereocenters. The number of aliphatic imine (C=N–C) groups is 1. The Morgan fingerprint density at radius 1 is 0.791 bits per heavy atom. The average Bonchev–Trinajstić information content (AvgIpc) is 3.35. The number of aromatic nitrogens is 1. The summed E-state index contributed by atoms with van der Waals surface area (Å²) in [5.74, 6) is -1.84. The first-order valence-corrected chi connectivity index (χ1v) is 14.0. The van der Waals surface area contributed by atoms with Crippen LogP contribution in [0.3, 0.4) is 0 Å². The number of anilines is 2. The summed E-state index contributed by atoms with van der Waals surface area (Å²) < 4.78 is 5.44. The summed E-state index contributed by atoms with van der Waals surface area (Å²) in [7, 11) is 1.64. The van der Waals surface area contributed by atoms with Gasteiger partial charge in [0.25, 0.3) is 11.8 Å². The van der Waals surface area contributed by atoms with Gasteiger partial charge in [0.2, 0.25) is 0 Å². The number of carbonyl (C=O) groups excluding carboxylic acids is 3. The van der Waals surface area contributed by atoms with Crippen molar-refractivity contribution < 1.29 is 19.1 Å². The Kier molecular flexibility index (Phi) is 7.57. The van der Waals surface area contributed by atoms with E-state index in [4.69, 9.17) is 9.73 Å². The second-order valence-electron chi connectivity index (χ2n) is 10.3. The predicted octanol–water partition coefficient (Wildman–Crippen LogP) is 6.33. The number of aromatic amines is 1. The summed E-state index contributed by atoms with van der Waals surface area (Å²) in [5, 5.41) is 1.04. The van der Waals surface area contributed by atoms with Crippen molar-refractivity contribution in [3.63, 3.8) is 0 Å². The van der Waals surface area contributed by atoms with Gasteiger partial charge in [-0.2, -0.15) is 0 Å². The third kappa shape index (κ3) is 5.19. The lowest BCUT2D eigenvalue weighted by Crippen LogP contribution is -2.62. The molecule has 1 saturated heterocycles. The number of aryl methyl sites for hydroxylation is 1. The van der Waals surface area contributed by atoms with E-state index in [1.165, 1.54) is 0 Å². The number of ether oxygens (including phenoxy) is 1. The highest BCUT2D eigenvalue weighted by Crippen LogP contribution is 2.31. The van der Waals surface area contributed by atoms with Crippen LogP contribution in [0.5, 0.6) is 5.75 Å². The van der Waals surface area contributed by atoms with Gasteiger partial charge in [0.1, 0.15) is 5.75 Å². The molecule has 2 heterocycles. The van der Waals surface area contributed by atoms with Crippen LogP contribution in [0.2, 0.25) is 0 Å². The van der Waals surface area contributed by atoms with Gasteiger partial charge in [-0.25, -0.2) is 14.6 Å². The molecule has 4 aromatic carbocycles. The van der Waals surface area contributed by atoms with Gasteiger partial charge in [0, 0.05) is 23.1 Å². The number of hydrogen-bond acceptors (Lipinski definition) is 5. The van der Waals surface area contributed by atoms with Crippen molar-refractivity contribution in [2.45, 2.75) is 13.3 Å². The van der Waals surface area contributed by atoms with Crippen LogP contribution in [-0.4, -0.2) is 42.2 Å². The molecule has 43 heavy (non-hydrogen) atoms. The zero-order valence-corrected chi connectivity index (χ0v) is 23.9.